The van der Waals surface area contributed by atoms with E-state index in [4.69, 9.17) is 14.2 Å². The molecular formula is C49H90ClNO6. The minimum absolute atomic E-state index is 0. The predicted octanol–water partition coefficient (Wildman–Crippen LogP) is 10.5. The standard InChI is InChI=1S/C49H90NO6.ClH/c1-7-10-13-16-19-22-25-28-31-34-37-40-46(51)54-43-49(50(4,5)6,44-55-47(52)41-38-35-32-29-26-23-20-17-14-11-8-2)45-56-48(53)42-39-36-33-30-27-24-21-18-15-12-9-3;/h16-21H,7-15,22-45H2,1-6H3;1H/q+1;/p-1/b19-16-,20-17-,21-18-;. The summed E-state index contributed by atoms with van der Waals surface area (Å²) in [6.07, 6.45) is 45.0. The molecule has 0 aromatic carbocycles. The van der Waals surface area contributed by atoms with Crippen molar-refractivity contribution in [3.05, 3.63) is 36.5 Å². The number of quaternary nitrogens is 1. The van der Waals surface area contributed by atoms with Crippen LogP contribution < -0.4 is 12.4 Å². The third-order valence-corrected chi connectivity index (χ3v) is 10.9. The maximum Gasteiger partial charge on any atom is 0.306 e. The number of esters is 3. The molecule has 0 unspecified atom stereocenters. The summed E-state index contributed by atoms with van der Waals surface area (Å²) >= 11 is 0. The van der Waals surface area contributed by atoms with Crippen LogP contribution in [0.1, 0.15) is 213 Å². The van der Waals surface area contributed by atoms with E-state index in [2.05, 4.69) is 57.2 Å². The van der Waals surface area contributed by atoms with Crippen LogP contribution in [0.2, 0.25) is 0 Å². The fourth-order valence-electron chi connectivity index (χ4n) is 6.43. The van der Waals surface area contributed by atoms with E-state index in [9.17, 15) is 14.4 Å². The minimum Gasteiger partial charge on any atom is -1.00 e. The van der Waals surface area contributed by atoms with Crippen molar-refractivity contribution in [1.82, 2.24) is 0 Å². The number of hydrogen-bond acceptors (Lipinski definition) is 6. The van der Waals surface area contributed by atoms with E-state index in [-0.39, 0.29) is 50.1 Å². The van der Waals surface area contributed by atoms with E-state index >= 15 is 0 Å². The number of nitrogens with zero attached hydrogens (tertiary/aromatic N) is 1. The van der Waals surface area contributed by atoms with E-state index < -0.39 is 5.54 Å². The van der Waals surface area contributed by atoms with Crippen molar-refractivity contribution < 1.29 is 45.5 Å². The van der Waals surface area contributed by atoms with Gasteiger partial charge in [0.15, 0.2) is 19.8 Å². The Labute approximate surface area is 358 Å². The first kappa shape index (κ1) is 57.0. The molecule has 0 radical (unpaired) electrons. The van der Waals surface area contributed by atoms with Crippen molar-refractivity contribution in [2.75, 3.05) is 41.0 Å². The first-order chi connectivity index (χ1) is 27.1. The van der Waals surface area contributed by atoms with Gasteiger partial charge in [-0.05, 0) is 77.0 Å². The lowest BCUT2D eigenvalue weighted by molar-refractivity contribution is -0.925. The van der Waals surface area contributed by atoms with Crippen LogP contribution in [0.4, 0.5) is 0 Å². The molecule has 0 saturated carbocycles. The highest BCUT2D eigenvalue weighted by Crippen LogP contribution is 2.24. The highest BCUT2D eigenvalue weighted by Gasteiger charge is 2.47. The summed E-state index contributed by atoms with van der Waals surface area (Å²) in [4.78, 5) is 38.8. The maximum atomic E-state index is 12.9. The molecule has 0 bridgehead atoms. The first-order valence-electron chi connectivity index (χ1n) is 23.3. The lowest BCUT2D eigenvalue weighted by Crippen LogP contribution is -3.00. The molecule has 0 aliphatic rings. The molecule has 0 rings (SSSR count). The van der Waals surface area contributed by atoms with Crippen molar-refractivity contribution in [2.45, 2.75) is 219 Å². The van der Waals surface area contributed by atoms with E-state index in [0.29, 0.717) is 23.7 Å². The van der Waals surface area contributed by atoms with Gasteiger partial charge in [-0.25, -0.2) is 0 Å². The molecule has 0 atom stereocenters. The molecule has 0 aromatic heterocycles. The average Bonchev–Trinajstić information content (AvgIpc) is 3.17. The summed E-state index contributed by atoms with van der Waals surface area (Å²) in [6, 6.07) is 0. The van der Waals surface area contributed by atoms with Crippen LogP contribution in [0, 0.1) is 0 Å². The van der Waals surface area contributed by atoms with E-state index in [1.54, 1.807) is 0 Å². The fraction of sp³-hybridized carbons (Fsp3) is 0.816. The van der Waals surface area contributed by atoms with Crippen molar-refractivity contribution in [3.8, 4) is 0 Å². The zero-order valence-corrected chi connectivity index (χ0v) is 38.8. The number of halogens is 1. The number of ether oxygens (including phenoxy) is 3. The van der Waals surface area contributed by atoms with Crippen LogP contribution in [-0.4, -0.2) is 68.9 Å². The number of carbonyl (C=O) groups is 3. The summed E-state index contributed by atoms with van der Waals surface area (Å²) in [5.74, 6) is -0.772. The lowest BCUT2D eigenvalue weighted by atomic mass is 9.98. The van der Waals surface area contributed by atoms with Gasteiger partial charge in [-0.2, -0.15) is 0 Å². The molecule has 0 amide bonds. The fourth-order valence-corrected chi connectivity index (χ4v) is 6.43. The van der Waals surface area contributed by atoms with E-state index in [1.165, 1.54) is 96.3 Å². The molecule has 8 heteroatoms. The highest BCUT2D eigenvalue weighted by molar-refractivity contribution is 5.70. The Kier molecular flexibility index (Phi) is 40.6. The molecule has 0 fully saturated rings. The largest absolute Gasteiger partial charge is 1.00 e. The number of allylic oxidation sites excluding steroid dienone is 6. The number of rotatable bonds is 40. The number of likely N-dealkylation sites (N-methyl/N-ethyl adjacent to an activating group) is 1. The van der Waals surface area contributed by atoms with Crippen molar-refractivity contribution in [1.29, 1.82) is 0 Å². The molecule has 57 heavy (non-hydrogen) atoms. The molecule has 0 N–H and O–H groups in total. The molecule has 0 aliphatic heterocycles. The molecule has 0 heterocycles. The third-order valence-electron chi connectivity index (χ3n) is 10.9. The van der Waals surface area contributed by atoms with Gasteiger partial charge in [0.2, 0.25) is 5.54 Å². The van der Waals surface area contributed by atoms with Crippen LogP contribution in [-0.2, 0) is 28.6 Å². The molecule has 0 saturated heterocycles. The minimum atomic E-state index is -0.916. The topological polar surface area (TPSA) is 78.9 Å². The average molecular weight is 825 g/mol. The Morgan fingerprint density at radius 2 is 0.614 bits per heavy atom. The second kappa shape index (κ2) is 40.7. The molecule has 7 nitrogen and oxygen atoms in total. The van der Waals surface area contributed by atoms with Gasteiger partial charge in [0.05, 0.1) is 21.1 Å². The van der Waals surface area contributed by atoms with Gasteiger partial charge in [0, 0.05) is 19.3 Å². The summed E-state index contributed by atoms with van der Waals surface area (Å²) in [5.41, 5.74) is -0.916. The van der Waals surface area contributed by atoms with Gasteiger partial charge < -0.3 is 31.1 Å². The van der Waals surface area contributed by atoms with E-state index in [0.717, 1.165) is 77.0 Å². The van der Waals surface area contributed by atoms with Crippen LogP contribution >= 0.6 is 0 Å². The molecular weight excluding hydrogens is 734 g/mol. The Bertz CT molecular complexity index is 917. The summed E-state index contributed by atoms with van der Waals surface area (Å²) in [5, 5.41) is 0. The molecule has 0 aliphatic carbocycles. The Morgan fingerprint density at radius 1 is 0.386 bits per heavy atom. The number of unbranched alkanes of at least 4 members (excludes halogenated alkanes) is 21. The van der Waals surface area contributed by atoms with Gasteiger partial charge in [0.25, 0.3) is 0 Å². The highest BCUT2D eigenvalue weighted by atomic mass is 35.5. The molecule has 0 spiro atoms. The lowest BCUT2D eigenvalue weighted by Gasteiger charge is -2.44. The monoisotopic (exact) mass is 824 g/mol. The van der Waals surface area contributed by atoms with Crippen molar-refractivity contribution in [3.63, 3.8) is 0 Å². The third kappa shape index (κ3) is 35.5. The van der Waals surface area contributed by atoms with Crippen molar-refractivity contribution in [2.24, 2.45) is 0 Å². The quantitative estimate of drug-likeness (QED) is 0.0201. The van der Waals surface area contributed by atoms with Gasteiger partial charge in [-0.15, -0.1) is 0 Å². The van der Waals surface area contributed by atoms with Crippen LogP contribution in [0.3, 0.4) is 0 Å². The number of hydrogen-bond donors (Lipinski definition) is 0. The van der Waals surface area contributed by atoms with Crippen molar-refractivity contribution >= 4 is 17.9 Å². The van der Waals surface area contributed by atoms with Crippen LogP contribution in [0.25, 0.3) is 0 Å². The first-order valence-corrected chi connectivity index (χ1v) is 23.3. The maximum absolute atomic E-state index is 12.9. The second-order valence-electron chi connectivity index (χ2n) is 17.0. The summed E-state index contributed by atoms with van der Waals surface area (Å²) in [7, 11) is 5.94. The van der Waals surface area contributed by atoms with Gasteiger partial charge >= 0.3 is 17.9 Å². The Balaban J connectivity index is 0. The summed E-state index contributed by atoms with van der Waals surface area (Å²) in [6.45, 7) is 6.70. The molecule has 334 valence electrons. The normalized spacial score (nSPS) is 12.1. The number of carbonyl (C=O) groups excluding carboxylic acids is 3. The van der Waals surface area contributed by atoms with Crippen LogP contribution in [0.15, 0.2) is 36.5 Å². The smallest absolute Gasteiger partial charge is 0.306 e. The Morgan fingerprint density at radius 3 is 0.860 bits per heavy atom. The van der Waals surface area contributed by atoms with Gasteiger partial charge in [-0.1, -0.05) is 154 Å². The van der Waals surface area contributed by atoms with Gasteiger partial charge in [0.1, 0.15) is 0 Å². The summed E-state index contributed by atoms with van der Waals surface area (Å²) < 4.78 is 18.0. The van der Waals surface area contributed by atoms with E-state index in [1.807, 2.05) is 21.1 Å². The zero-order chi connectivity index (χ0) is 41.4. The SMILES string of the molecule is CCCC/C=C\CCCCCCCC(=O)OCC(COC(=O)CCCCCCC/C=C\CCCC)(COC(=O)CCCCCCC/C=C\CCCC)[N+](C)(C)C.[Cl-]. The Hall–Kier alpha value is -2.12. The second-order valence-corrected chi connectivity index (χ2v) is 17.0. The van der Waals surface area contributed by atoms with Crippen LogP contribution in [0.5, 0.6) is 0 Å². The van der Waals surface area contributed by atoms with Gasteiger partial charge in [-0.3, -0.25) is 14.4 Å². The predicted molar refractivity (Wildman–Crippen MR) is 237 cm³/mol. The molecule has 0 aromatic rings. The zero-order valence-electron chi connectivity index (χ0n) is 38.1.